The van der Waals surface area contributed by atoms with Gasteiger partial charge in [-0.2, -0.15) is 0 Å². The molecule has 1 amide bonds. The minimum absolute atomic E-state index is 0.172. The zero-order valence-electron chi connectivity index (χ0n) is 14.9. The Morgan fingerprint density at radius 3 is 2.50 bits per heavy atom. The Hall–Kier alpha value is -1.50. The number of hydrogen-bond donors (Lipinski definition) is 2. The molecule has 24 heavy (non-hydrogen) atoms. The van der Waals surface area contributed by atoms with E-state index in [-0.39, 0.29) is 17.5 Å². The Bertz CT molecular complexity index is 578. The van der Waals surface area contributed by atoms with Gasteiger partial charge in [-0.15, -0.1) is 11.6 Å². The molecule has 2 rings (SSSR count). The van der Waals surface area contributed by atoms with Crippen molar-refractivity contribution in [3.8, 4) is 0 Å². The molecule has 2 unspecified atom stereocenters. The topological polar surface area (TPSA) is 80.3 Å². The van der Waals surface area contributed by atoms with Crippen molar-refractivity contribution in [2.45, 2.75) is 25.8 Å². The van der Waals surface area contributed by atoms with Crippen LogP contribution in [0, 0.1) is 11.3 Å². The molecule has 1 aromatic rings. The number of alkyl halides is 1. The van der Waals surface area contributed by atoms with Crippen molar-refractivity contribution in [2.75, 3.05) is 27.8 Å². The van der Waals surface area contributed by atoms with Crippen LogP contribution in [-0.4, -0.2) is 51.0 Å². The molecule has 0 spiro atoms. The van der Waals surface area contributed by atoms with Gasteiger partial charge in [-0.1, -0.05) is 13.8 Å². The van der Waals surface area contributed by atoms with Crippen LogP contribution in [0.4, 0.5) is 0 Å². The molecule has 0 aliphatic heterocycles. The number of halogens is 1. The van der Waals surface area contributed by atoms with Crippen LogP contribution in [0.15, 0.2) is 12.1 Å². The van der Waals surface area contributed by atoms with Crippen molar-refractivity contribution >= 4 is 23.8 Å². The Morgan fingerprint density at radius 1 is 1.42 bits per heavy atom. The zero-order chi connectivity index (χ0) is 18.3. The summed E-state index contributed by atoms with van der Waals surface area (Å²) >= 11 is 5.57. The third-order valence-corrected chi connectivity index (χ3v) is 4.61. The number of carbonyl (C=O) groups is 2. The van der Waals surface area contributed by atoms with E-state index in [9.17, 15) is 9.59 Å². The highest BCUT2D eigenvalue weighted by Crippen LogP contribution is 2.51. The molecule has 0 saturated heterocycles. The first-order chi connectivity index (χ1) is 11.3. The summed E-state index contributed by atoms with van der Waals surface area (Å²) in [5, 5.41) is 5.71. The molecular weight excluding hydrogens is 330 g/mol. The van der Waals surface area contributed by atoms with Crippen LogP contribution in [0.25, 0.3) is 0 Å². The Balaban J connectivity index is 0.000000254. The van der Waals surface area contributed by atoms with Gasteiger partial charge >= 0.3 is 0 Å². The van der Waals surface area contributed by atoms with Gasteiger partial charge in [0.15, 0.2) is 0 Å². The smallest absolute Gasteiger partial charge is 0.269 e. The maximum Gasteiger partial charge on any atom is 0.269 e. The Kier molecular flexibility index (Phi) is 7.79. The zero-order valence-corrected chi connectivity index (χ0v) is 15.6. The minimum Gasteiger partial charge on any atom is -0.384 e. The van der Waals surface area contributed by atoms with Gasteiger partial charge in [0.25, 0.3) is 5.91 Å². The van der Waals surface area contributed by atoms with Gasteiger partial charge < -0.3 is 15.4 Å². The fourth-order valence-electron chi connectivity index (χ4n) is 2.80. The lowest BCUT2D eigenvalue weighted by atomic mass is 10.1. The first kappa shape index (κ1) is 20.5. The number of aldehydes is 1. The largest absolute Gasteiger partial charge is 0.384 e. The summed E-state index contributed by atoms with van der Waals surface area (Å²) in [5.74, 6) is 0.550. The van der Waals surface area contributed by atoms with Gasteiger partial charge in [-0.25, -0.2) is 4.98 Å². The molecule has 1 heterocycles. The van der Waals surface area contributed by atoms with E-state index in [1.165, 1.54) is 13.1 Å². The third-order valence-electron chi connectivity index (χ3n) is 4.34. The maximum atomic E-state index is 11.2. The minimum atomic E-state index is -0.333. The molecule has 7 heteroatoms. The Labute approximate surface area is 148 Å². The molecule has 0 aromatic carbocycles. The molecule has 1 aliphatic carbocycles. The average Bonchev–Trinajstić information content (AvgIpc) is 3.13. The third kappa shape index (κ3) is 5.00. The van der Waals surface area contributed by atoms with Crippen molar-refractivity contribution in [3.63, 3.8) is 0 Å². The van der Waals surface area contributed by atoms with Crippen LogP contribution in [0.3, 0.4) is 0 Å². The van der Waals surface area contributed by atoms with E-state index in [4.69, 9.17) is 16.3 Å². The number of carbonyl (C=O) groups excluding carboxylic acids is 2. The Morgan fingerprint density at radius 2 is 2.08 bits per heavy atom. The molecule has 0 bridgehead atoms. The monoisotopic (exact) mass is 355 g/mol. The summed E-state index contributed by atoms with van der Waals surface area (Å²) in [6, 6.07) is 3.63. The normalized spacial score (nSPS) is 20.6. The van der Waals surface area contributed by atoms with Gasteiger partial charge in [0.2, 0.25) is 0 Å². The SMILES string of the molecule is CNC(=O)c1cc(C=O)cc(CCl)n1.CNC1C(COC)C1(C)C. The first-order valence-corrected chi connectivity index (χ1v) is 8.29. The number of rotatable bonds is 6. The van der Waals surface area contributed by atoms with Gasteiger partial charge in [0.05, 0.1) is 18.2 Å². The predicted octanol–water partition coefficient (Wildman–Crippen LogP) is 1.87. The summed E-state index contributed by atoms with van der Waals surface area (Å²) in [7, 11) is 5.28. The van der Waals surface area contributed by atoms with E-state index in [1.54, 1.807) is 13.2 Å². The molecule has 2 atom stereocenters. The molecule has 1 aromatic heterocycles. The second-order valence-electron chi connectivity index (χ2n) is 6.26. The predicted molar refractivity (Wildman–Crippen MR) is 94.6 cm³/mol. The summed E-state index contributed by atoms with van der Waals surface area (Å²) in [6.07, 6.45) is 0.657. The molecular formula is C17H26ClN3O3. The van der Waals surface area contributed by atoms with Gasteiger partial charge in [-0.3, -0.25) is 9.59 Å². The van der Waals surface area contributed by atoms with Crippen molar-refractivity contribution in [1.82, 2.24) is 15.6 Å². The standard InChI is InChI=1S/C9H9ClN2O2.C8H17NO/c1-11-9(14)8-3-6(5-13)2-7(4-10)12-8;1-8(2)6(5-10-4)7(8)9-3/h2-3,5H,4H2,1H3,(H,11,14);6-7,9H,5H2,1-4H3. The quantitative estimate of drug-likeness (QED) is 0.601. The second-order valence-corrected chi connectivity index (χ2v) is 6.52. The van der Waals surface area contributed by atoms with Crippen LogP contribution >= 0.6 is 11.6 Å². The van der Waals surface area contributed by atoms with E-state index in [2.05, 4.69) is 29.5 Å². The molecule has 2 N–H and O–H groups in total. The van der Waals surface area contributed by atoms with Crippen molar-refractivity contribution in [2.24, 2.45) is 11.3 Å². The molecule has 1 fully saturated rings. The van der Waals surface area contributed by atoms with Crippen molar-refractivity contribution in [1.29, 1.82) is 0 Å². The number of aromatic nitrogens is 1. The van der Waals surface area contributed by atoms with E-state index in [1.807, 2.05) is 7.05 Å². The molecule has 0 radical (unpaired) electrons. The van der Waals surface area contributed by atoms with Crippen molar-refractivity contribution < 1.29 is 14.3 Å². The lowest BCUT2D eigenvalue weighted by Crippen LogP contribution is -2.20. The number of nitrogens with zero attached hydrogens (tertiary/aromatic N) is 1. The van der Waals surface area contributed by atoms with Crippen LogP contribution in [-0.2, 0) is 10.6 Å². The fourth-order valence-corrected chi connectivity index (χ4v) is 2.94. The maximum absolute atomic E-state index is 11.2. The van der Waals surface area contributed by atoms with E-state index >= 15 is 0 Å². The van der Waals surface area contributed by atoms with Gasteiger partial charge in [-0.05, 0) is 24.6 Å². The molecule has 1 aliphatic rings. The lowest BCUT2D eigenvalue weighted by Gasteiger charge is -2.02. The van der Waals surface area contributed by atoms with Crippen LogP contribution in [0.1, 0.15) is 40.4 Å². The number of pyridine rings is 1. The summed E-state index contributed by atoms with van der Waals surface area (Å²) < 4.78 is 5.09. The highest BCUT2D eigenvalue weighted by molar-refractivity contribution is 6.17. The number of hydrogen-bond acceptors (Lipinski definition) is 5. The van der Waals surface area contributed by atoms with E-state index in [0.717, 1.165) is 6.61 Å². The van der Waals surface area contributed by atoms with E-state index < -0.39 is 0 Å². The highest BCUT2D eigenvalue weighted by atomic mass is 35.5. The fraction of sp³-hybridized carbons (Fsp3) is 0.588. The van der Waals surface area contributed by atoms with Crippen LogP contribution in [0.2, 0.25) is 0 Å². The van der Waals surface area contributed by atoms with Gasteiger partial charge in [0, 0.05) is 31.7 Å². The summed E-state index contributed by atoms with van der Waals surface area (Å²) in [6.45, 7) is 5.44. The van der Waals surface area contributed by atoms with Crippen LogP contribution in [0.5, 0.6) is 0 Å². The number of methoxy groups -OCH3 is 1. The lowest BCUT2D eigenvalue weighted by molar-refractivity contribution is 0.0958. The molecule has 6 nitrogen and oxygen atoms in total. The van der Waals surface area contributed by atoms with Gasteiger partial charge in [0.1, 0.15) is 12.0 Å². The average molecular weight is 356 g/mol. The highest BCUT2D eigenvalue weighted by Gasteiger charge is 2.56. The number of nitrogens with one attached hydrogen (secondary N) is 2. The second kappa shape index (κ2) is 9.11. The van der Waals surface area contributed by atoms with Crippen LogP contribution < -0.4 is 10.6 Å². The van der Waals surface area contributed by atoms with E-state index in [0.29, 0.717) is 34.9 Å². The summed E-state index contributed by atoms with van der Waals surface area (Å²) in [5.41, 5.74) is 1.56. The number of ether oxygens (including phenoxy) is 1. The number of amides is 1. The first-order valence-electron chi connectivity index (χ1n) is 7.76. The molecule has 134 valence electrons. The summed E-state index contributed by atoms with van der Waals surface area (Å²) in [4.78, 5) is 25.7. The molecule has 1 saturated carbocycles. The van der Waals surface area contributed by atoms with Crippen molar-refractivity contribution in [3.05, 3.63) is 29.1 Å².